The van der Waals surface area contributed by atoms with E-state index in [1.54, 1.807) is 6.20 Å². The van der Waals surface area contributed by atoms with Gasteiger partial charge in [-0.25, -0.2) is 0 Å². The smallest absolute Gasteiger partial charge is 0.0565 e. The van der Waals surface area contributed by atoms with Crippen LogP contribution in [0.4, 0.5) is 5.69 Å². The molecule has 0 N–H and O–H groups in total. The Morgan fingerprint density at radius 2 is 2.07 bits per heavy atom. The van der Waals surface area contributed by atoms with Crippen molar-refractivity contribution in [3.8, 4) is 0 Å². The average Bonchev–Trinajstić information content (AvgIpc) is 2.16. The summed E-state index contributed by atoms with van der Waals surface area (Å²) in [7, 11) is 2.10. The minimum atomic E-state index is 0.169. The molecule has 0 spiro atoms. The molecular formula is C11H17BrN2. The maximum absolute atomic E-state index is 4.16. The molecule has 1 rings (SSSR count). The summed E-state index contributed by atoms with van der Waals surface area (Å²) in [4.78, 5) is 6.42. The van der Waals surface area contributed by atoms with Crippen molar-refractivity contribution in [2.45, 2.75) is 32.7 Å². The lowest BCUT2D eigenvalue weighted by molar-refractivity contribution is 0.470. The molecule has 2 nitrogen and oxygen atoms in total. The van der Waals surface area contributed by atoms with Gasteiger partial charge in [-0.2, -0.15) is 0 Å². The molecule has 0 aliphatic carbocycles. The van der Waals surface area contributed by atoms with Gasteiger partial charge in [0.2, 0.25) is 0 Å². The van der Waals surface area contributed by atoms with Crippen molar-refractivity contribution in [3.63, 3.8) is 0 Å². The van der Waals surface area contributed by atoms with Gasteiger partial charge in [0.15, 0.2) is 0 Å². The van der Waals surface area contributed by atoms with Crippen molar-refractivity contribution in [2.75, 3.05) is 11.9 Å². The summed E-state index contributed by atoms with van der Waals surface area (Å²) in [5, 5.41) is 0. The summed E-state index contributed by atoms with van der Waals surface area (Å²) in [6.07, 6.45) is 4.80. The van der Waals surface area contributed by atoms with Crippen molar-refractivity contribution < 1.29 is 0 Å². The average molecular weight is 257 g/mol. The summed E-state index contributed by atoms with van der Waals surface area (Å²) in [6, 6.07) is 2.09. The summed E-state index contributed by atoms with van der Waals surface area (Å²) in [6.45, 7) is 6.66. The molecule has 0 fully saturated rings. The van der Waals surface area contributed by atoms with Gasteiger partial charge in [0.25, 0.3) is 0 Å². The molecule has 0 bridgehead atoms. The minimum Gasteiger partial charge on any atom is -0.368 e. The SMILES string of the molecule is CCC(C)(C)N(C)c1cncc(Br)c1. The van der Waals surface area contributed by atoms with Gasteiger partial charge in [-0.3, -0.25) is 4.98 Å². The first-order valence-corrected chi connectivity index (χ1v) is 5.61. The van der Waals surface area contributed by atoms with E-state index in [0.29, 0.717) is 0 Å². The van der Waals surface area contributed by atoms with E-state index in [1.807, 2.05) is 6.20 Å². The quantitative estimate of drug-likeness (QED) is 0.824. The maximum atomic E-state index is 4.16. The van der Waals surface area contributed by atoms with E-state index in [1.165, 1.54) is 0 Å². The van der Waals surface area contributed by atoms with E-state index in [9.17, 15) is 0 Å². The first-order valence-electron chi connectivity index (χ1n) is 4.82. The molecule has 0 aliphatic rings. The van der Waals surface area contributed by atoms with E-state index in [2.05, 4.69) is 59.7 Å². The van der Waals surface area contributed by atoms with E-state index in [-0.39, 0.29) is 5.54 Å². The molecule has 0 aliphatic heterocycles. The Bertz CT molecular complexity index is 310. The molecule has 0 saturated heterocycles. The van der Waals surface area contributed by atoms with Gasteiger partial charge in [-0.15, -0.1) is 0 Å². The summed E-state index contributed by atoms with van der Waals surface area (Å²) >= 11 is 3.43. The Labute approximate surface area is 94.5 Å². The topological polar surface area (TPSA) is 16.1 Å². The molecule has 0 unspecified atom stereocenters. The first kappa shape index (κ1) is 11.5. The molecule has 1 aromatic rings. The lowest BCUT2D eigenvalue weighted by Crippen LogP contribution is -2.40. The van der Waals surface area contributed by atoms with Crippen LogP contribution in [0.3, 0.4) is 0 Å². The number of nitrogens with zero attached hydrogens (tertiary/aromatic N) is 2. The molecule has 1 aromatic heterocycles. The fourth-order valence-electron chi connectivity index (χ4n) is 1.17. The third kappa shape index (κ3) is 2.47. The maximum Gasteiger partial charge on any atom is 0.0565 e. The highest BCUT2D eigenvalue weighted by Gasteiger charge is 2.21. The molecule has 0 saturated carbocycles. The third-order valence-electron chi connectivity index (χ3n) is 2.85. The number of hydrogen-bond acceptors (Lipinski definition) is 2. The molecule has 0 radical (unpaired) electrons. The predicted molar refractivity (Wildman–Crippen MR) is 64.7 cm³/mol. The Morgan fingerprint density at radius 3 is 2.57 bits per heavy atom. The van der Waals surface area contributed by atoms with Crippen LogP contribution >= 0.6 is 15.9 Å². The highest BCUT2D eigenvalue weighted by atomic mass is 79.9. The zero-order chi connectivity index (χ0) is 10.8. The third-order valence-corrected chi connectivity index (χ3v) is 3.28. The van der Waals surface area contributed by atoms with E-state index in [4.69, 9.17) is 0 Å². The van der Waals surface area contributed by atoms with Gasteiger partial charge in [0.1, 0.15) is 0 Å². The van der Waals surface area contributed by atoms with Gasteiger partial charge in [-0.05, 0) is 42.3 Å². The lowest BCUT2D eigenvalue weighted by atomic mass is 9.99. The Balaban J connectivity index is 2.94. The van der Waals surface area contributed by atoms with E-state index >= 15 is 0 Å². The molecule has 0 atom stereocenters. The van der Waals surface area contributed by atoms with Crippen LogP contribution in [0.15, 0.2) is 22.9 Å². The van der Waals surface area contributed by atoms with Gasteiger partial charge in [0.05, 0.1) is 11.9 Å². The number of anilines is 1. The van der Waals surface area contributed by atoms with Crippen LogP contribution in [-0.4, -0.2) is 17.6 Å². The van der Waals surface area contributed by atoms with Crippen LogP contribution in [0.1, 0.15) is 27.2 Å². The second kappa shape index (κ2) is 4.30. The van der Waals surface area contributed by atoms with Crippen molar-refractivity contribution in [2.24, 2.45) is 0 Å². The Hall–Kier alpha value is -0.570. The van der Waals surface area contributed by atoms with Crippen molar-refractivity contribution in [1.82, 2.24) is 4.98 Å². The Morgan fingerprint density at radius 1 is 1.43 bits per heavy atom. The van der Waals surface area contributed by atoms with Gasteiger partial charge in [0, 0.05) is 23.3 Å². The Kier molecular flexibility index (Phi) is 3.53. The fraction of sp³-hybridized carbons (Fsp3) is 0.545. The zero-order valence-electron chi connectivity index (χ0n) is 9.21. The van der Waals surface area contributed by atoms with Crippen molar-refractivity contribution in [3.05, 3.63) is 22.9 Å². The highest BCUT2D eigenvalue weighted by Crippen LogP contribution is 2.25. The van der Waals surface area contributed by atoms with Crippen LogP contribution < -0.4 is 4.90 Å². The number of rotatable bonds is 3. The minimum absolute atomic E-state index is 0.169. The molecule has 3 heteroatoms. The van der Waals surface area contributed by atoms with Gasteiger partial charge < -0.3 is 4.90 Å². The normalized spacial score (nSPS) is 11.5. The molecule has 1 heterocycles. The van der Waals surface area contributed by atoms with Crippen LogP contribution in [0.5, 0.6) is 0 Å². The molecule has 0 aromatic carbocycles. The van der Waals surface area contributed by atoms with Crippen LogP contribution in [0.2, 0.25) is 0 Å². The number of aromatic nitrogens is 1. The van der Waals surface area contributed by atoms with Crippen molar-refractivity contribution in [1.29, 1.82) is 0 Å². The second-order valence-electron chi connectivity index (χ2n) is 4.09. The van der Waals surface area contributed by atoms with E-state index in [0.717, 1.165) is 16.6 Å². The molecule has 14 heavy (non-hydrogen) atoms. The van der Waals surface area contributed by atoms with Gasteiger partial charge in [-0.1, -0.05) is 6.92 Å². The molecular weight excluding hydrogens is 240 g/mol. The standard InChI is InChI=1S/C11H17BrN2/c1-5-11(2,3)14(4)10-6-9(12)7-13-8-10/h6-8H,5H2,1-4H3. The number of hydrogen-bond donors (Lipinski definition) is 0. The molecule has 0 amide bonds. The number of pyridine rings is 1. The van der Waals surface area contributed by atoms with Crippen LogP contribution in [-0.2, 0) is 0 Å². The van der Waals surface area contributed by atoms with Crippen LogP contribution in [0, 0.1) is 0 Å². The fourth-order valence-corrected chi connectivity index (χ4v) is 1.52. The largest absolute Gasteiger partial charge is 0.368 e. The second-order valence-corrected chi connectivity index (χ2v) is 5.00. The monoisotopic (exact) mass is 256 g/mol. The van der Waals surface area contributed by atoms with Crippen LogP contribution in [0.25, 0.3) is 0 Å². The zero-order valence-corrected chi connectivity index (χ0v) is 10.8. The summed E-state index contributed by atoms with van der Waals surface area (Å²) in [5.74, 6) is 0. The lowest BCUT2D eigenvalue weighted by Gasteiger charge is -2.36. The van der Waals surface area contributed by atoms with Crippen molar-refractivity contribution >= 4 is 21.6 Å². The first-order chi connectivity index (χ1) is 6.47. The van der Waals surface area contributed by atoms with E-state index < -0.39 is 0 Å². The summed E-state index contributed by atoms with van der Waals surface area (Å²) < 4.78 is 1.02. The predicted octanol–water partition coefficient (Wildman–Crippen LogP) is 3.47. The number of halogens is 1. The highest BCUT2D eigenvalue weighted by molar-refractivity contribution is 9.10. The summed E-state index contributed by atoms with van der Waals surface area (Å²) in [5.41, 5.74) is 1.31. The van der Waals surface area contributed by atoms with Gasteiger partial charge >= 0.3 is 0 Å². The molecule has 78 valence electrons.